The molecule has 1 fully saturated rings. The number of carbonyl (C=O) groups excluding carboxylic acids is 2. The number of carboxylic acid groups (broad SMARTS) is 1. The van der Waals surface area contributed by atoms with Crippen molar-refractivity contribution in [2.24, 2.45) is 0 Å². The summed E-state index contributed by atoms with van der Waals surface area (Å²) in [6.45, 7) is 2.08. The van der Waals surface area contributed by atoms with E-state index in [0.29, 0.717) is 30.7 Å². The maximum Gasteiger partial charge on any atom is 0.326 e. The number of ether oxygens (including phenoxy) is 1. The van der Waals surface area contributed by atoms with Gasteiger partial charge in [-0.25, -0.2) is 4.79 Å². The Balaban J connectivity index is 1.86. The van der Waals surface area contributed by atoms with E-state index in [1.54, 1.807) is 24.3 Å². The van der Waals surface area contributed by atoms with Crippen LogP contribution in [0.2, 0.25) is 0 Å². The van der Waals surface area contributed by atoms with E-state index in [0.717, 1.165) is 0 Å². The molecule has 0 unspecified atom stereocenters. The van der Waals surface area contributed by atoms with Crippen LogP contribution < -0.4 is 10.1 Å². The summed E-state index contributed by atoms with van der Waals surface area (Å²) in [5.41, 5.74) is -0.231. The number of para-hydroxylation sites is 1. The molecule has 24 heavy (non-hydrogen) atoms. The average Bonchev–Trinajstić information content (AvgIpc) is 2.81. The van der Waals surface area contributed by atoms with Gasteiger partial charge in [0, 0.05) is 19.4 Å². The number of hydrogen-bond acceptors (Lipinski definition) is 4. The van der Waals surface area contributed by atoms with Crippen LogP contribution in [0.5, 0.6) is 5.75 Å². The molecule has 0 aromatic heterocycles. The number of hydrogen-bond donors (Lipinski definition) is 2. The molecule has 2 aliphatic heterocycles. The molecule has 2 N–H and O–H groups in total. The van der Waals surface area contributed by atoms with E-state index in [1.165, 1.54) is 11.8 Å². The van der Waals surface area contributed by atoms with E-state index < -0.39 is 17.6 Å². The number of fused-ring (bicyclic) bond motifs is 1. The van der Waals surface area contributed by atoms with Crippen LogP contribution in [-0.4, -0.2) is 52.5 Å². The maximum atomic E-state index is 12.3. The van der Waals surface area contributed by atoms with Crippen LogP contribution in [-0.2, 0) is 9.59 Å². The second-order valence-corrected chi connectivity index (χ2v) is 6.32. The molecule has 2 amide bonds. The van der Waals surface area contributed by atoms with Crippen molar-refractivity contribution in [3.05, 3.63) is 29.8 Å². The number of nitrogens with one attached hydrogen (secondary N) is 1. The van der Waals surface area contributed by atoms with E-state index in [1.807, 2.05) is 0 Å². The lowest BCUT2D eigenvalue weighted by atomic mass is 9.94. The molecule has 128 valence electrons. The molecule has 0 aliphatic carbocycles. The van der Waals surface area contributed by atoms with Crippen molar-refractivity contribution in [1.82, 2.24) is 10.2 Å². The highest BCUT2D eigenvalue weighted by atomic mass is 16.5. The summed E-state index contributed by atoms with van der Waals surface area (Å²) >= 11 is 0. The van der Waals surface area contributed by atoms with E-state index in [-0.39, 0.29) is 24.8 Å². The van der Waals surface area contributed by atoms with Gasteiger partial charge in [0.1, 0.15) is 17.4 Å². The molecule has 3 rings (SSSR count). The zero-order chi connectivity index (χ0) is 17.3. The molecule has 1 aromatic carbocycles. The lowest BCUT2D eigenvalue weighted by molar-refractivity contribution is -0.149. The third-order valence-corrected chi connectivity index (χ3v) is 4.78. The summed E-state index contributed by atoms with van der Waals surface area (Å²) < 4.78 is 6.16. The van der Waals surface area contributed by atoms with E-state index in [2.05, 4.69) is 5.32 Å². The fraction of sp³-hybridized carbons (Fsp3) is 0.471. The first-order valence-corrected chi connectivity index (χ1v) is 8.00. The largest absolute Gasteiger partial charge is 0.485 e. The Morgan fingerprint density at radius 2 is 2.08 bits per heavy atom. The Labute approximate surface area is 139 Å². The van der Waals surface area contributed by atoms with Crippen LogP contribution in [0.25, 0.3) is 0 Å². The predicted octanol–water partition coefficient (Wildman–Crippen LogP) is 1.03. The number of aliphatic carboxylic acids is 1. The third-order valence-electron chi connectivity index (χ3n) is 4.78. The van der Waals surface area contributed by atoms with Crippen LogP contribution in [0.1, 0.15) is 36.5 Å². The number of likely N-dealkylation sites (tertiary alicyclic amines) is 1. The summed E-state index contributed by atoms with van der Waals surface area (Å²) in [6, 6.07) is 6.13. The summed E-state index contributed by atoms with van der Waals surface area (Å²) in [4.78, 5) is 37.1. The highest BCUT2D eigenvalue weighted by Gasteiger charge is 2.41. The minimum absolute atomic E-state index is 0.190. The summed E-state index contributed by atoms with van der Waals surface area (Å²) in [5, 5.41) is 12.0. The molecular weight excluding hydrogens is 312 g/mol. The van der Waals surface area contributed by atoms with E-state index >= 15 is 0 Å². The Morgan fingerprint density at radius 3 is 2.83 bits per heavy atom. The monoisotopic (exact) mass is 332 g/mol. The van der Waals surface area contributed by atoms with E-state index in [9.17, 15) is 19.5 Å². The highest BCUT2D eigenvalue weighted by Crippen LogP contribution is 2.33. The van der Waals surface area contributed by atoms with Crippen molar-refractivity contribution in [1.29, 1.82) is 0 Å². The van der Waals surface area contributed by atoms with Gasteiger partial charge >= 0.3 is 5.97 Å². The molecular formula is C17H20N2O5. The second kappa shape index (κ2) is 6.14. The Morgan fingerprint density at radius 1 is 1.33 bits per heavy atom. The topological polar surface area (TPSA) is 95.9 Å². The standard InChI is InChI=1S/C17H20N2O5/c1-11(16(22)23)19-9-8-17(7-6-14(19)20)10-18-15(21)12-4-2-3-5-13(12)24-17/h2-5,11H,6-10H2,1H3,(H,18,21)(H,22,23)/t11-,17+/m0/s1. The van der Waals surface area contributed by atoms with Gasteiger partial charge < -0.3 is 20.1 Å². The van der Waals surface area contributed by atoms with Gasteiger partial charge in [0.2, 0.25) is 5.91 Å². The van der Waals surface area contributed by atoms with Crippen molar-refractivity contribution < 1.29 is 24.2 Å². The first-order valence-electron chi connectivity index (χ1n) is 8.00. The fourth-order valence-electron chi connectivity index (χ4n) is 3.22. The normalized spacial score (nSPS) is 25.1. The van der Waals surface area contributed by atoms with E-state index in [4.69, 9.17) is 4.74 Å². The van der Waals surface area contributed by atoms with Crippen molar-refractivity contribution >= 4 is 17.8 Å². The molecule has 1 aromatic rings. The summed E-state index contributed by atoms with van der Waals surface area (Å²) in [7, 11) is 0. The van der Waals surface area contributed by atoms with Crippen molar-refractivity contribution in [3.63, 3.8) is 0 Å². The molecule has 1 saturated heterocycles. The van der Waals surface area contributed by atoms with Crippen LogP contribution in [0.3, 0.4) is 0 Å². The van der Waals surface area contributed by atoms with Gasteiger partial charge in [-0.15, -0.1) is 0 Å². The van der Waals surface area contributed by atoms with Gasteiger partial charge in [-0.05, 0) is 25.5 Å². The smallest absolute Gasteiger partial charge is 0.326 e. The van der Waals surface area contributed by atoms with Crippen LogP contribution >= 0.6 is 0 Å². The minimum Gasteiger partial charge on any atom is -0.485 e. The van der Waals surface area contributed by atoms with Gasteiger partial charge in [-0.2, -0.15) is 0 Å². The van der Waals surface area contributed by atoms with Crippen molar-refractivity contribution in [2.75, 3.05) is 13.1 Å². The average molecular weight is 332 g/mol. The molecule has 0 saturated carbocycles. The van der Waals surface area contributed by atoms with Crippen LogP contribution in [0.4, 0.5) is 0 Å². The van der Waals surface area contributed by atoms with Crippen LogP contribution in [0, 0.1) is 0 Å². The molecule has 2 atom stereocenters. The van der Waals surface area contributed by atoms with Gasteiger partial charge in [-0.1, -0.05) is 12.1 Å². The van der Waals surface area contributed by atoms with Gasteiger partial charge in [0.25, 0.3) is 5.91 Å². The number of carbonyl (C=O) groups is 3. The Bertz CT molecular complexity index is 689. The fourth-order valence-corrected chi connectivity index (χ4v) is 3.22. The molecule has 0 radical (unpaired) electrons. The Kier molecular flexibility index (Phi) is 4.17. The highest BCUT2D eigenvalue weighted by molar-refractivity contribution is 5.97. The molecule has 2 aliphatic rings. The van der Waals surface area contributed by atoms with Crippen LogP contribution in [0.15, 0.2) is 24.3 Å². The SMILES string of the molecule is C[C@@H](C(=O)O)N1CC[C@]2(CCC1=O)CNC(=O)c1ccccc1O2. The molecule has 7 heteroatoms. The van der Waals surface area contributed by atoms with Crippen molar-refractivity contribution in [2.45, 2.75) is 37.8 Å². The summed E-state index contributed by atoms with van der Waals surface area (Å²) in [6.07, 6.45) is 1.09. The first-order chi connectivity index (χ1) is 11.4. The molecule has 2 heterocycles. The molecule has 1 spiro atoms. The quantitative estimate of drug-likeness (QED) is 0.843. The molecule has 7 nitrogen and oxygen atoms in total. The number of amides is 2. The number of carboxylic acids is 1. The second-order valence-electron chi connectivity index (χ2n) is 6.32. The number of benzene rings is 1. The van der Waals surface area contributed by atoms with Gasteiger partial charge in [-0.3, -0.25) is 9.59 Å². The predicted molar refractivity (Wildman–Crippen MR) is 84.8 cm³/mol. The van der Waals surface area contributed by atoms with Gasteiger partial charge in [0.15, 0.2) is 0 Å². The lowest BCUT2D eigenvalue weighted by Crippen LogP contribution is -2.47. The zero-order valence-corrected chi connectivity index (χ0v) is 13.4. The van der Waals surface area contributed by atoms with Gasteiger partial charge in [0.05, 0.1) is 12.1 Å². The first kappa shape index (κ1) is 16.3. The zero-order valence-electron chi connectivity index (χ0n) is 13.4. The third kappa shape index (κ3) is 2.93. The molecule has 0 bridgehead atoms. The lowest BCUT2D eigenvalue weighted by Gasteiger charge is -2.32. The van der Waals surface area contributed by atoms with Crippen molar-refractivity contribution in [3.8, 4) is 5.75 Å². The number of rotatable bonds is 2. The Hall–Kier alpha value is -2.57. The maximum absolute atomic E-state index is 12.3. The number of nitrogens with zero attached hydrogens (tertiary/aromatic N) is 1. The minimum atomic E-state index is -1.03. The summed E-state index contributed by atoms with van der Waals surface area (Å²) in [5.74, 6) is -0.928.